The van der Waals surface area contributed by atoms with Crippen LogP contribution in [0.5, 0.6) is 5.75 Å². The number of esters is 1. The van der Waals surface area contributed by atoms with Gasteiger partial charge in [0.1, 0.15) is 5.75 Å². The number of aliphatic hydroxyl groups is 1. The Hall–Kier alpha value is -2.74. The Labute approximate surface area is 120 Å². The van der Waals surface area contributed by atoms with Crippen LogP contribution in [0.15, 0.2) is 24.5 Å². The van der Waals surface area contributed by atoms with Gasteiger partial charge in [0.15, 0.2) is 11.9 Å². The smallest absolute Gasteiger partial charge is 0.358 e. The molecule has 0 aliphatic carbocycles. The summed E-state index contributed by atoms with van der Waals surface area (Å²) in [5.41, 5.74) is 6.98. The van der Waals surface area contributed by atoms with Crippen molar-refractivity contribution in [1.29, 1.82) is 0 Å². The average molecular weight is 292 g/mol. The van der Waals surface area contributed by atoms with Gasteiger partial charge < -0.3 is 30.6 Å². The minimum Gasteiger partial charge on any atom is -0.495 e. The molecule has 0 aliphatic rings. The number of anilines is 2. The van der Waals surface area contributed by atoms with Crippen molar-refractivity contribution in [2.45, 2.75) is 6.23 Å². The number of rotatable bonds is 5. The molecule has 112 valence electrons. The fraction of sp³-hybridized carbons (Fsp3) is 0.231. The quantitative estimate of drug-likeness (QED) is 0.366. The van der Waals surface area contributed by atoms with Gasteiger partial charge in [-0.3, -0.25) is 0 Å². The number of nitrogens with one attached hydrogen (secondary N) is 2. The van der Waals surface area contributed by atoms with Crippen LogP contribution in [-0.2, 0) is 4.74 Å². The largest absolute Gasteiger partial charge is 0.495 e. The molecular formula is C13H16N4O4. The highest BCUT2D eigenvalue weighted by molar-refractivity contribution is 5.88. The summed E-state index contributed by atoms with van der Waals surface area (Å²) >= 11 is 0. The number of imidazole rings is 1. The van der Waals surface area contributed by atoms with Crippen LogP contribution in [0.4, 0.5) is 11.4 Å². The van der Waals surface area contributed by atoms with Gasteiger partial charge in [0.25, 0.3) is 0 Å². The summed E-state index contributed by atoms with van der Waals surface area (Å²) in [6.07, 6.45) is 0.130. The van der Waals surface area contributed by atoms with Crippen LogP contribution >= 0.6 is 0 Å². The molecule has 8 nitrogen and oxygen atoms in total. The van der Waals surface area contributed by atoms with E-state index in [9.17, 15) is 9.90 Å². The van der Waals surface area contributed by atoms with Gasteiger partial charge in [-0.05, 0) is 12.1 Å². The van der Waals surface area contributed by atoms with Crippen LogP contribution in [0, 0.1) is 0 Å². The van der Waals surface area contributed by atoms with Crippen molar-refractivity contribution in [3.05, 3.63) is 35.9 Å². The molecule has 0 spiro atoms. The number of aromatic amines is 1. The second-order valence-corrected chi connectivity index (χ2v) is 4.16. The maximum Gasteiger partial charge on any atom is 0.358 e. The maximum absolute atomic E-state index is 11.5. The van der Waals surface area contributed by atoms with Crippen molar-refractivity contribution >= 4 is 17.3 Å². The van der Waals surface area contributed by atoms with Gasteiger partial charge in [0, 0.05) is 11.8 Å². The zero-order valence-electron chi connectivity index (χ0n) is 11.6. The number of nitrogens with zero attached hydrogens (tertiary/aromatic N) is 1. The van der Waals surface area contributed by atoms with E-state index in [2.05, 4.69) is 20.0 Å². The van der Waals surface area contributed by atoms with Crippen LogP contribution in [0.25, 0.3) is 0 Å². The molecule has 1 atom stereocenters. The summed E-state index contributed by atoms with van der Waals surface area (Å²) in [6, 6.07) is 4.95. The van der Waals surface area contributed by atoms with Crippen LogP contribution in [0.2, 0.25) is 0 Å². The first-order valence-corrected chi connectivity index (χ1v) is 6.06. The van der Waals surface area contributed by atoms with E-state index in [4.69, 9.17) is 10.5 Å². The van der Waals surface area contributed by atoms with Crippen LogP contribution in [0.3, 0.4) is 0 Å². The topological polar surface area (TPSA) is 122 Å². The zero-order valence-corrected chi connectivity index (χ0v) is 11.6. The number of carbonyl (C=O) groups excluding carboxylic acids is 1. The second-order valence-electron chi connectivity index (χ2n) is 4.16. The lowest BCUT2D eigenvalue weighted by atomic mass is 10.2. The molecule has 1 heterocycles. The molecule has 0 saturated heterocycles. The summed E-state index contributed by atoms with van der Waals surface area (Å²) in [6.45, 7) is 0. The number of benzene rings is 1. The molecule has 1 aromatic heterocycles. The minimum absolute atomic E-state index is 0.0138. The van der Waals surface area contributed by atoms with Crippen LogP contribution < -0.4 is 15.8 Å². The average Bonchev–Trinajstić information content (AvgIpc) is 2.98. The highest BCUT2D eigenvalue weighted by atomic mass is 16.5. The number of nitrogen functional groups attached to an aromatic ring is 1. The van der Waals surface area contributed by atoms with Crippen molar-refractivity contribution in [2.75, 3.05) is 25.3 Å². The Morgan fingerprint density at radius 1 is 1.48 bits per heavy atom. The third-order valence-electron chi connectivity index (χ3n) is 2.86. The molecule has 0 radical (unpaired) electrons. The van der Waals surface area contributed by atoms with Gasteiger partial charge in [-0.15, -0.1) is 0 Å². The number of H-pyrrole nitrogens is 1. The summed E-state index contributed by atoms with van der Waals surface area (Å²) < 4.78 is 9.69. The summed E-state index contributed by atoms with van der Waals surface area (Å²) in [7, 11) is 2.74. The van der Waals surface area contributed by atoms with Crippen molar-refractivity contribution in [1.82, 2.24) is 9.97 Å². The SMILES string of the molecule is COC(=O)c1nc[nH]c1C(O)Nc1ccc(N)c(OC)c1. The molecule has 0 aliphatic heterocycles. The number of hydrogen-bond donors (Lipinski definition) is 4. The number of hydrogen-bond acceptors (Lipinski definition) is 7. The lowest BCUT2D eigenvalue weighted by Crippen LogP contribution is -2.15. The first-order chi connectivity index (χ1) is 10.1. The molecule has 0 fully saturated rings. The van der Waals surface area contributed by atoms with Gasteiger partial charge in [0.05, 0.1) is 31.9 Å². The van der Waals surface area contributed by atoms with Crippen molar-refractivity contribution in [3.8, 4) is 5.75 Å². The number of aromatic nitrogens is 2. The first kappa shape index (κ1) is 14.7. The minimum atomic E-state index is -1.17. The summed E-state index contributed by atoms with van der Waals surface area (Å²) in [5.74, 6) is -0.160. The Kier molecular flexibility index (Phi) is 4.29. The molecule has 0 saturated carbocycles. The molecule has 1 unspecified atom stereocenters. The lowest BCUT2D eigenvalue weighted by Gasteiger charge is -2.15. The normalized spacial score (nSPS) is 11.8. The molecule has 5 N–H and O–H groups in total. The Bertz CT molecular complexity index is 641. The van der Waals surface area contributed by atoms with Gasteiger partial charge in [0.2, 0.25) is 0 Å². The van der Waals surface area contributed by atoms with Crippen LogP contribution in [-0.4, -0.2) is 35.3 Å². The van der Waals surface area contributed by atoms with E-state index >= 15 is 0 Å². The van der Waals surface area contributed by atoms with Crippen molar-refractivity contribution in [2.24, 2.45) is 0 Å². The standard InChI is InChI=1S/C13H16N4O4/c1-20-9-5-7(3-4-8(9)14)17-12(18)10-11(13(19)21-2)16-6-15-10/h3-6,12,17-18H,14H2,1-2H3,(H,15,16). The van der Waals surface area contributed by atoms with E-state index in [-0.39, 0.29) is 11.4 Å². The Morgan fingerprint density at radius 3 is 2.90 bits per heavy atom. The van der Waals surface area contributed by atoms with Gasteiger partial charge in [-0.1, -0.05) is 0 Å². The van der Waals surface area contributed by atoms with Gasteiger partial charge >= 0.3 is 5.97 Å². The monoisotopic (exact) mass is 292 g/mol. The highest BCUT2D eigenvalue weighted by Crippen LogP contribution is 2.27. The van der Waals surface area contributed by atoms with Gasteiger partial charge in [-0.25, -0.2) is 9.78 Å². The van der Waals surface area contributed by atoms with E-state index < -0.39 is 12.2 Å². The van der Waals surface area contributed by atoms with Crippen LogP contribution in [0.1, 0.15) is 22.4 Å². The Balaban J connectivity index is 2.20. The van der Waals surface area contributed by atoms with Crippen molar-refractivity contribution in [3.63, 3.8) is 0 Å². The second kappa shape index (κ2) is 6.14. The zero-order chi connectivity index (χ0) is 15.4. The third kappa shape index (κ3) is 3.06. The molecule has 1 aromatic carbocycles. The van der Waals surface area contributed by atoms with E-state index in [0.717, 1.165) is 0 Å². The fourth-order valence-corrected chi connectivity index (χ4v) is 1.80. The third-order valence-corrected chi connectivity index (χ3v) is 2.86. The fourth-order valence-electron chi connectivity index (χ4n) is 1.80. The van der Waals surface area contributed by atoms with E-state index in [1.165, 1.54) is 20.5 Å². The number of ether oxygens (including phenoxy) is 2. The number of aliphatic hydroxyl groups excluding tert-OH is 1. The molecule has 0 bridgehead atoms. The number of nitrogens with two attached hydrogens (primary N) is 1. The Morgan fingerprint density at radius 2 is 2.24 bits per heavy atom. The molecule has 2 aromatic rings. The van der Waals surface area contributed by atoms with E-state index in [1.54, 1.807) is 18.2 Å². The molecule has 0 amide bonds. The number of carbonyl (C=O) groups is 1. The van der Waals surface area contributed by atoms with E-state index in [1.807, 2.05) is 0 Å². The molecule has 2 rings (SSSR count). The molecular weight excluding hydrogens is 276 g/mol. The van der Waals surface area contributed by atoms with Crippen molar-refractivity contribution < 1.29 is 19.4 Å². The predicted molar refractivity (Wildman–Crippen MR) is 75.9 cm³/mol. The maximum atomic E-state index is 11.5. The summed E-state index contributed by atoms with van der Waals surface area (Å²) in [4.78, 5) is 18.0. The number of methoxy groups -OCH3 is 2. The molecule has 8 heteroatoms. The predicted octanol–water partition coefficient (Wildman–Crippen LogP) is 0.890. The first-order valence-electron chi connectivity index (χ1n) is 6.06. The van der Waals surface area contributed by atoms with E-state index in [0.29, 0.717) is 17.1 Å². The highest BCUT2D eigenvalue weighted by Gasteiger charge is 2.21. The van der Waals surface area contributed by atoms with Gasteiger partial charge in [-0.2, -0.15) is 0 Å². The summed E-state index contributed by atoms with van der Waals surface area (Å²) in [5, 5.41) is 13.0. The lowest BCUT2D eigenvalue weighted by molar-refractivity contribution is 0.0588. The molecule has 21 heavy (non-hydrogen) atoms.